The molecule has 2 aliphatic rings. The molecule has 3 heterocycles. The molecule has 4 unspecified atom stereocenters. The summed E-state index contributed by atoms with van der Waals surface area (Å²) < 4.78 is 57.8. The predicted molar refractivity (Wildman–Crippen MR) is 273 cm³/mol. The Labute approximate surface area is 433 Å². The number of hydrogen-bond acceptors (Lipinski definition) is 12. The zero-order chi connectivity index (χ0) is 53.4. The highest BCUT2D eigenvalue weighted by Crippen LogP contribution is 2.39. The van der Waals surface area contributed by atoms with Crippen molar-refractivity contribution in [2.75, 3.05) is 51.4 Å². The first-order valence-electron chi connectivity index (χ1n) is 24.3. The largest absolute Gasteiger partial charge is 0.480 e. The number of nitrogens with one attached hydrogen (secondary N) is 3. The minimum Gasteiger partial charge on any atom is -0.480 e. The highest BCUT2D eigenvalue weighted by molar-refractivity contribution is 7.13. The second-order valence-corrected chi connectivity index (χ2v) is 21.2. The number of carbonyl (C=O) groups is 4. The molecule has 0 bridgehead atoms. The minimum absolute atomic E-state index is 0.0344. The molecule has 0 saturated carbocycles. The smallest absolute Gasteiger partial charge is 0.417 e. The number of aromatic nitrogens is 1. The van der Waals surface area contributed by atoms with Gasteiger partial charge in [0.15, 0.2) is 6.10 Å². The van der Waals surface area contributed by atoms with Gasteiger partial charge in [-0.3, -0.25) is 19.2 Å². The molecule has 2 saturated heterocycles. The van der Waals surface area contributed by atoms with Gasteiger partial charge in [-0.25, -0.2) is 4.98 Å². The first-order valence-corrected chi connectivity index (χ1v) is 25.2. The average molecular weight is 1040 g/mol. The summed E-state index contributed by atoms with van der Waals surface area (Å²) in [5.41, 5.74) is 5.31. The maximum absolute atomic E-state index is 14.0. The molecule has 5 aromatic rings. The van der Waals surface area contributed by atoms with Crippen LogP contribution in [0.1, 0.15) is 69.0 Å². The maximum atomic E-state index is 14.0. The lowest BCUT2D eigenvalue weighted by Crippen LogP contribution is -2.58. The number of amides is 4. The summed E-state index contributed by atoms with van der Waals surface area (Å²) >= 11 is 1.56. The monoisotopic (exact) mass is 1040 g/mol. The Kier molecular flexibility index (Phi) is 17.5. The van der Waals surface area contributed by atoms with Gasteiger partial charge in [-0.15, -0.1) is 11.3 Å². The van der Waals surface area contributed by atoms with Crippen molar-refractivity contribution in [1.82, 2.24) is 25.4 Å². The first-order chi connectivity index (χ1) is 35.1. The second-order valence-electron chi connectivity index (χ2n) is 20.3. The number of halogens is 3. The molecule has 0 radical (unpaired) electrons. The third-order valence-corrected chi connectivity index (χ3v) is 13.9. The van der Waals surface area contributed by atoms with Gasteiger partial charge >= 0.3 is 6.18 Å². The van der Waals surface area contributed by atoms with Crippen molar-refractivity contribution >= 4 is 40.7 Å². The molecule has 0 spiro atoms. The van der Waals surface area contributed by atoms with E-state index in [1.807, 2.05) is 114 Å². The Hall–Kier alpha value is -6.85. The lowest BCUT2D eigenvalue weighted by atomic mass is 9.85. The van der Waals surface area contributed by atoms with Gasteiger partial charge in [-0.05, 0) is 70.5 Å². The molecule has 74 heavy (non-hydrogen) atoms. The first kappa shape index (κ1) is 54.9. The number of β-amino-alcohol motifs (C(OH)–C–C–N with tert-alkyl or cyclic N) is 1. The number of likely N-dealkylation sites (tertiary alicyclic amines) is 2. The molecule has 4 N–H and O–H groups in total. The van der Waals surface area contributed by atoms with Crippen molar-refractivity contribution in [2.24, 2.45) is 10.8 Å². The predicted octanol–water partition coefficient (Wildman–Crippen LogP) is 7.75. The van der Waals surface area contributed by atoms with Gasteiger partial charge in [0.2, 0.25) is 17.7 Å². The SMILES string of the molecule is Cc1ncsc1-c1ccc(CNC(=O)C2CC(O)CN2C(=O)C(NC(=O)COCCOCCNc2ccc(-c3ccc(CN4CC(C)(C)C(Oc5ccc(C#N)c(C(F)(F)F)c5)C4=O)cc3)cc2)C(C)(C)C)cc1. The standard InChI is InChI=1S/C55H62F3N7O8S/c1-34-47(74-33-62-34)39-13-7-35(8-14-39)28-61-50(68)45-25-42(66)30-65(45)51(69)48(53(2,3)4)63-46(67)31-72-24-23-71-22-21-60-41-18-15-38(16-19-41)37-11-9-36(10-12-37)29-64-32-54(5,6)49(52(64)70)73-43-20-17-40(27-59)44(26-43)55(56,57)58/h7-20,26,33,42,45,48-49,60,66H,21-25,28-32H2,1-6H3,(H,61,68)(H,63,67). The van der Waals surface area contributed by atoms with Crippen LogP contribution < -0.4 is 20.7 Å². The van der Waals surface area contributed by atoms with Crippen LogP contribution in [0.15, 0.2) is 96.5 Å². The molecule has 2 aliphatic heterocycles. The van der Waals surface area contributed by atoms with E-state index in [-0.39, 0.29) is 56.9 Å². The zero-order valence-electron chi connectivity index (χ0n) is 42.3. The van der Waals surface area contributed by atoms with Crippen LogP contribution in [0, 0.1) is 29.1 Å². The van der Waals surface area contributed by atoms with Crippen molar-refractivity contribution in [2.45, 2.75) is 91.5 Å². The van der Waals surface area contributed by atoms with Gasteiger partial charge in [0.25, 0.3) is 5.91 Å². The van der Waals surface area contributed by atoms with Crippen LogP contribution in [-0.2, 0) is 47.9 Å². The number of alkyl halides is 3. The molecule has 392 valence electrons. The van der Waals surface area contributed by atoms with Gasteiger partial charge < -0.3 is 45.1 Å². The van der Waals surface area contributed by atoms with Crippen molar-refractivity contribution in [3.05, 3.63) is 124 Å². The summed E-state index contributed by atoms with van der Waals surface area (Å²) in [4.78, 5) is 62.3. The number of benzene rings is 4. The van der Waals surface area contributed by atoms with Gasteiger partial charge in [0.1, 0.15) is 24.4 Å². The van der Waals surface area contributed by atoms with E-state index in [2.05, 4.69) is 20.9 Å². The average Bonchev–Trinajstić information content (AvgIpc) is 4.04. The number of nitrogens with zero attached hydrogens (tertiary/aromatic N) is 4. The normalized spacial score (nSPS) is 18.0. The molecule has 7 rings (SSSR count). The highest BCUT2D eigenvalue weighted by Gasteiger charge is 2.49. The quantitative estimate of drug-likeness (QED) is 0.0557. The number of aliphatic hydroxyl groups excluding tert-OH is 1. The Bertz CT molecular complexity index is 2810. The molecule has 15 nitrogen and oxygen atoms in total. The van der Waals surface area contributed by atoms with Crippen molar-refractivity contribution < 1.29 is 51.7 Å². The Balaban J connectivity index is 0.794. The summed E-state index contributed by atoms with van der Waals surface area (Å²) in [5, 5.41) is 28.7. The van der Waals surface area contributed by atoms with Crippen molar-refractivity contribution in [1.29, 1.82) is 5.26 Å². The second kappa shape index (κ2) is 23.6. The van der Waals surface area contributed by atoms with Crippen LogP contribution in [0.25, 0.3) is 21.6 Å². The van der Waals surface area contributed by atoms with E-state index < -0.39 is 64.2 Å². The molecular weight excluding hydrogens is 976 g/mol. The number of aryl methyl sites for hydroxylation is 1. The third kappa shape index (κ3) is 13.8. The van der Waals surface area contributed by atoms with Crippen LogP contribution in [0.4, 0.5) is 18.9 Å². The highest BCUT2D eigenvalue weighted by atomic mass is 32.1. The van der Waals surface area contributed by atoms with Crippen LogP contribution in [0.5, 0.6) is 5.75 Å². The Morgan fingerprint density at radius 3 is 2.20 bits per heavy atom. The molecule has 1 aromatic heterocycles. The lowest BCUT2D eigenvalue weighted by molar-refractivity contribution is -0.144. The van der Waals surface area contributed by atoms with Crippen molar-refractivity contribution in [3.63, 3.8) is 0 Å². The Morgan fingerprint density at radius 1 is 0.919 bits per heavy atom. The fourth-order valence-electron chi connectivity index (χ4n) is 9.00. The lowest BCUT2D eigenvalue weighted by Gasteiger charge is -2.35. The van der Waals surface area contributed by atoms with Gasteiger partial charge in [-0.2, -0.15) is 18.4 Å². The number of carbonyl (C=O) groups excluding carboxylic acids is 4. The fraction of sp³-hybridized carbons (Fsp3) is 0.418. The number of anilines is 1. The Morgan fingerprint density at radius 2 is 1.57 bits per heavy atom. The van der Waals surface area contributed by atoms with E-state index in [0.29, 0.717) is 26.2 Å². The van der Waals surface area contributed by atoms with E-state index in [9.17, 15) is 37.5 Å². The summed E-state index contributed by atoms with van der Waals surface area (Å²) in [6.07, 6.45) is -6.57. The summed E-state index contributed by atoms with van der Waals surface area (Å²) in [6, 6.07) is 26.2. The number of hydrogen-bond donors (Lipinski definition) is 4. The third-order valence-electron chi connectivity index (χ3n) is 13.0. The van der Waals surface area contributed by atoms with Crippen LogP contribution in [0.2, 0.25) is 0 Å². The maximum Gasteiger partial charge on any atom is 0.417 e. The molecule has 19 heteroatoms. The fourth-order valence-corrected chi connectivity index (χ4v) is 9.81. The van der Waals surface area contributed by atoms with Gasteiger partial charge in [0, 0.05) is 50.2 Å². The molecule has 4 aromatic carbocycles. The molecule has 4 amide bonds. The number of thiazole rings is 1. The minimum atomic E-state index is -4.75. The molecular formula is C55H62F3N7O8S. The van der Waals surface area contributed by atoms with Crippen molar-refractivity contribution in [3.8, 4) is 33.4 Å². The van der Waals surface area contributed by atoms with E-state index >= 15 is 0 Å². The van der Waals surface area contributed by atoms with Crippen LogP contribution in [0.3, 0.4) is 0 Å². The van der Waals surface area contributed by atoms with Gasteiger partial charge in [0.05, 0.1) is 59.2 Å². The van der Waals surface area contributed by atoms with E-state index in [1.54, 1.807) is 27.8 Å². The summed E-state index contributed by atoms with van der Waals surface area (Å²) in [7, 11) is 0. The van der Waals surface area contributed by atoms with Crippen LogP contribution >= 0.6 is 11.3 Å². The number of ether oxygens (including phenoxy) is 3. The molecule has 0 aliphatic carbocycles. The topological polar surface area (TPSA) is 195 Å². The van der Waals surface area contributed by atoms with E-state index in [0.717, 1.165) is 56.2 Å². The zero-order valence-corrected chi connectivity index (χ0v) is 43.1. The number of rotatable bonds is 20. The number of aliphatic hydroxyl groups is 1. The summed E-state index contributed by atoms with van der Waals surface area (Å²) in [6.45, 7) is 12.8. The van der Waals surface area contributed by atoms with E-state index in [1.165, 1.54) is 11.0 Å². The number of nitriles is 1. The van der Waals surface area contributed by atoms with E-state index in [4.69, 9.17) is 19.5 Å². The molecule has 4 atom stereocenters. The summed E-state index contributed by atoms with van der Waals surface area (Å²) in [5.74, 6) is -1.82. The van der Waals surface area contributed by atoms with Gasteiger partial charge in [-0.1, -0.05) is 95.3 Å². The van der Waals surface area contributed by atoms with Crippen LogP contribution in [-0.4, -0.2) is 114 Å². The molecule has 2 fully saturated rings.